The summed E-state index contributed by atoms with van der Waals surface area (Å²) in [6.45, 7) is 2.01. The molecule has 1 N–H and O–H groups in total. The molecule has 0 radical (unpaired) electrons. The molecule has 0 aliphatic rings. The van der Waals surface area contributed by atoms with E-state index >= 15 is 0 Å². The Hall–Kier alpha value is -0.970. The van der Waals surface area contributed by atoms with E-state index in [1.54, 1.807) is 0 Å². The summed E-state index contributed by atoms with van der Waals surface area (Å²) in [5, 5.41) is 8.11. The van der Waals surface area contributed by atoms with Gasteiger partial charge in [-0.25, -0.2) is 0 Å². The highest BCUT2D eigenvalue weighted by molar-refractivity contribution is 5.69. The molecular formula is C7H10O2. The van der Waals surface area contributed by atoms with Crippen LogP contribution in [0.15, 0.2) is 0 Å². The van der Waals surface area contributed by atoms with Crippen LogP contribution in [-0.4, -0.2) is 11.1 Å². The smallest absolute Gasteiger partial charge is 0.315 e. The van der Waals surface area contributed by atoms with Gasteiger partial charge in [0.15, 0.2) is 0 Å². The van der Waals surface area contributed by atoms with Crippen molar-refractivity contribution < 1.29 is 9.90 Å². The SMILES string of the molecule is CCCC#CCC(=O)O. The van der Waals surface area contributed by atoms with Crippen LogP contribution >= 0.6 is 0 Å². The van der Waals surface area contributed by atoms with Crippen molar-refractivity contribution in [2.24, 2.45) is 0 Å². The summed E-state index contributed by atoms with van der Waals surface area (Å²) in [5.74, 6) is 4.42. The fraction of sp³-hybridized carbons (Fsp3) is 0.571. The van der Waals surface area contributed by atoms with Gasteiger partial charge in [0.1, 0.15) is 6.42 Å². The fourth-order valence-electron chi connectivity index (χ4n) is 0.352. The topological polar surface area (TPSA) is 37.3 Å². The number of hydrogen-bond donors (Lipinski definition) is 1. The molecule has 0 aromatic rings. The summed E-state index contributed by atoms with van der Waals surface area (Å²) < 4.78 is 0. The fourth-order valence-corrected chi connectivity index (χ4v) is 0.352. The molecule has 0 spiro atoms. The molecule has 0 unspecified atom stereocenters. The van der Waals surface area contributed by atoms with Crippen LogP contribution in [0, 0.1) is 11.8 Å². The van der Waals surface area contributed by atoms with Gasteiger partial charge in [-0.1, -0.05) is 12.8 Å². The molecule has 0 aromatic carbocycles. The van der Waals surface area contributed by atoms with Crippen molar-refractivity contribution in [1.29, 1.82) is 0 Å². The van der Waals surface area contributed by atoms with E-state index in [1.165, 1.54) is 0 Å². The number of hydrogen-bond acceptors (Lipinski definition) is 1. The van der Waals surface area contributed by atoms with Crippen LogP contribution in [0.25, 0.3) is 0 Å². The van der Waals surface area contributed by atoms with Gasteiger partial charge >= 0.3 is 5.97 Å². The Kier molecular flexibility index (Phi) is 4.61. The zero-order valence-corrected chi connectivity index (χ0v) is 5.48. The lowest BCUT2D eigenvalue weighted by molar-refractivity contribution is -0.135. The molecule has 2 heteroatoms. The molecule has 0 saturated carbocycles. The van der Waals surface area contributed by atoms with E-state index < -0.39 is 5.97 Å². The van der Waals surface area contributed by atoms with E-state index in [9.17, 15) is 4.79 Å². The number of carbonyl (C=O) groups is 1. The number of rotatable bonds is 2. The van der Waals surface area contributed by atoms with Crippen molar-refractivity contribution in [2.75, 3.05) is 0 Å². The summed E-state index contributed by atoms with van der Waals surface area (Å²) in [7, 11) is 0. The Balaban J connectivity index is 3.26. The molecule has 0 heterocycles. The van der Waals surface area contributed by atoms with Gasteiger partial charge in [0.05, 0.1) is 0 Å². The summed E-state index contributed by atoms with van der Waals surface area (Å²) in [5.41, 5.74) is 0. The molecule has 0 aliphatic carbocycles. The zero-order valence-electron chi connectivity index (χ0n) is 5.48. The molecule has 0 fully saturated rings. The van der Waals surface area contributed by atoms with Gasteiger partial charge in [-0.05, 0) is 6.42 Å². The Labute approximate surface area is 54.9 Å². The molecular weight excluding hydrogens is 116 g/mol. The molecule has 0 saturated heterocycles. The molecule has 0 amide bonds. The van der Waals surface area contributed by atoms with E-state index in [2.05, 4.69) is 11.8 Å². The third-order valence-electron chi connectivity index (χ3n) is 0.740. The Bertz CT molecular complexity index is 139. The van der Waals surface area contributed by atoms with Crippen molar-refractivity contribution in [1.82, 2.24) is 0 Å². The van der Waals surface area contributed by atoms with Gasteiger partial charge in [-0.15, -0.1) is 5.92 Å². The van der Waals surface area contributed by atoms with Crippen LogP contribution in [0.3, 0.4) is 0 Å². The molecule has 0 bridgehead atoms. The van der Waals surface area contributed by atoms with E-state index in [1.807, 2.05) is 6.92 Å². The lowest BCUT2D eigenvalue weighted by Gasteiger charge is -1.78. The summed E-state index contributed by atoms with van der Waals surface area (Å²) >= 11 is 0. The van der Waals surface area contributed by atoms with Crippen LogP contribution in [0.4, 0.5) is 0 Å². The first-order valence-electron chi connectivity index (χ1n) is 2.95. The van der Waals surface area contributed by atoms with Crippen molar-refractivity contribution in [3.63, 3.8) is 0 Å². The standard InChI is InChI=1S/C7H10O2/c1-2-3-4-5-6-7(8)9/h2-3,6H2,1H3,(H,8,9). The maximum atomic E-state index is 9.86. The molecule has 0 rings (SSSR count). The summed E-state index contributed by atoms with van der Waals surface area (Å²) in [6.07, 6.45) is 1.76. The first-order chi connectivity index (χ1) is 4.27. The van der Waals surface area contributed by atoms with E-state index in [-0.39, 0.29) is 6.42 Å². The second-order valence-corrected chi connectivity index (χ2v) is 1.67. The Morgan fingerprint density at radius 1 is 1.56 bits per heavy atom. The number of aliphatic carboxylic acids is 1. The van der Waals surface area contributed by atoms with Gasteiger partial charge in [-0.3, -0.25) is 4.79 Å². The third kappa shape index (κ3) is 7.03. The van der Waals surface area contributed by atoms with Crippen molar-refractivity contribution in [2.45, 2.75) is 26.2 Å². The minimum atomic E-state index is -0.849. The Morgan fingerprint density at radius 2 is 2.22 bits per heavy atom. The lowest BCUT2D eigenvalue weighted by atomic mass is 10.3. The van der Waals surface area contributed by atoms with E-state index in [0.717, 1.165) is 12.8 Å². The van der Waals surface area contributed by atoms with Gasteiger partial charge in [-0.2, -0.15) is 0 Å². The maximum absolute atomic E-state index is 9.86. The van der Waals surface area contributed by atoms with Crippen LogP contribution in [0.1, 0.15) is 26.2 Å². The lowest BCUT2D eigenvalue weighted by Crippen LogP contribution is -1.89. The molecule has 50 valence electrons. The zero-order chi connectivity index (χ0) is 7.11. The number of carboxylic acids is 1. The Morgan fingerprint density at radius 3 is 2.67 bits per heavy atom. The minimum absolute atomic E-state index is 0.0278. The second-order valence-electron chi connectivity index (χ2n) is 1.67. The molecule has 0 aromatic heterocycles. The van der Waals surface area contributed by atoms with Crippen LogP contribution < -0.4 is 0 Å². The highest BCUT2D eigenvalue weighted by atomic mass is 16.4. The van der Waals surface area contributed by atoms with Crippen LogP contribution in [-0.2, 0) is 4.79 Å². The monoisotopic (exact) mass is 126 g/mol. The van der Waals surface area contributed by atoms with Gasteiger partial charge in [0.25, 0.3) is 0 Å². The van der Waals surface area contributed by atoms with Crippen molar-refractivity contribution in [3.8, 4) is 11.8 Å². The molecule has 0 aliphatic heterocycles. The van der Waals surface area contributed by atoms with E-state index in [4.69, 9.17) is 5.11 Å². The predicted octanol–water partition coefficient (Wildman–Crippen LogP) is 1.26. The third-order valence-corrected chi connectivity index (χ3v) is 0.740. The maximum Gasteiger partial charge on any atom is 0.315 e. The van der Waals surface area contributed by atoms with Gasteiger partial charge < -0.3 is 5.11 Å². The van der Waals surface area contributed by atoms with Gasteiger partial charge in [0, 0.05) is 6.42 Å². The molecule has 9 heavy (non-hydrogen) atoms. The van der Waals surface area contributed by atoms with Crippen LogP contribution in [0.5, 0.6) is 0 Å². The molecule has 0 atom stereocenters. The highest BCUT2D eigenvalue weighted by Crippen LogP contribution is 1.82. The van der Waals surface area contributed by atoms with Crippen LogP contribution in [0.2, 0.25) is 0 Å². The summed E-state index contributed by atoms with van der Waals surface area (Å²) in [6, 6.07) is 0. The average molecular weight is 126 g/mol. The quantitative estimate of drug-likeness (QED) is 0.565. The normalized spacial score (nSPS) is 7.67. The first-order valence-corrected chi connectivity index (χ1v) is 2.95. The van der Waals surface area contributed by atoms with E-state index in [0.29, 0.717) is 0 Å². The first kappa shape index (κ1) is 8.03. The predicted molar refractivity (Wildman–Crippen MR) is 34.9 cm³/mol. The largest absolute Gasteiger partial charge is 0.481 e. The highest BCUT2D eigenvalue weighted by Gasteiger charge is 1.86. The second kappa shape index (κ2) is 5.17. The summed E-state index contributed by atoms with van der Waals surface area (Å²) in [4.78, 5) is 9.86. The average Bonchev–Trinajstić information content (AvgIpc) is 1.80. The van der Waals surface area contributed by atoms with Crippen molar-refractivity contribution >= 4 is 5.97 Å². The number of unbranched alkanes of at least 4 members (excludes halogenated alkanes) is 1. The minimum Gasteiger partial charge on any atom is -0.481 e. The number of carboxylic acid groups (broad SMARTS) is 1. The van der Waals surface area contributed by atoms with Gasteiger partial charge in [0.2, 0.25) is 0 Å². The van der Waals surface area contributed by atoms with Crippen molar-refractivity contribution in [3.05, 3.63) is 0 Å². The molecule has 2 nitrogen and oxygen atoms in total.